The molecule has 3 aromatic carbocycles. The number of benzene rings is 3. The molecule has 0 spiro atoms. The summed E-state index contributed by atoms with van der Waals surface area (Å²) >= 11 is 0. The van der Waals surface area contributed by atoms with Crippen LogP contribution in [0.3, 0.4) is 0 Å². The third-order valence-corrected chi connectivity index (χ3v) is 8.68. The average Bonchev–Trinajstić information content (AvgIpc) is 3.17. The normalized spacial score (nSPS) is 18.1. The van der Waals surface area contributed by atoms with Crippen LogP contribution in [0.1, 0.15) is 82.4 Å². The van der Waals surface area contributed by atoms with Crippen LogP contribution in [0.5, 0.6) is 5.75 Å². The second-order valence-electron chi connectivity index (χ2n) is 11.2. The molecule has 0 unspecified atom stereocenters. The summed E-state index contributed by atoms with van der Waals surface area (Å²) < 4.78 is 5.43. The van der Waals surface area contributed by atoms with E-state index in [1.54, 1.807) is 7.11 Å². The summed E-state index contributed by atoms with van der Waals surface area (Å²) in [5.74, 6) is 0.921. The van der Waals surface area contributed by atoms with Gasteiger partial charge in [0.25, 0.3) is 0 Å². The average molecular weight is 566 g/mol. The quantitative estimate of drug-likeness (QED) is 0.252. The number of para-hydroxylation sites is 2. The molecule has 1 N–H and O–H groups in total. The number of carbonyl (C=O) groups excluding carboxylic acids is 2. The van der Waals surface area contributed by atoms with Crippen molar-refractivity contribution < 1.29 is 14.3 Å². The topological polar surface area (TPSA) is 61.9 Å². The largest absolute Gasteiger partial charge is 0.497 e. The number of hydrogen-bond donors (Lipinski definition) is 1. The maximum Gasteiger partial charge on any atom is 0.227 e. The van der Waals surface area contributed by atoms with E-state index in [0.29, 0.717) is 24.8 Å². The van der Waals surface area contributed by atoms with Crippen molar-refractivity contribution in [2.45, 2.75) is 71.3 Å². The number of nitrogens with zero attached hydrogens (tertiary/aromatic N) is 2. The molecule has 1 heterocycles. The maximum atomic E-state index is 14.3. The summed E-state index contributed by atoms with van der Waals surface area (Å²) in [6.07, 6.45) is 4.40. The van der Waals surface area contributed by atoms with Gasteiger partial charge in [0, 0.05) is 42.9 Å². The van der Waals surface area contributed by atoms with Crippen molar-refractivity contribution in [3.63, 3.8) is 0 Å². The molecule has 2 aliphatic rings. The second-order valence-corrected chi connectivity index (χ2v) is 11.2. The van der Waals surface area contributed by atoms with Crippen LogP contribution in [0.15, 0.2) is 84.1 Å². The molecule has 6 heteroatoms. The van der Waals surface area contributed by atoms with Gasteiger partial charge in [0.05, 0.1) is 24.5 Å². The summed E-state index contributed by atoms with van der Waals surface area (Å²) in [4.78, 5) is 32.5. The lowest BCUT2D eigenvalue weighted by molar-refractivity contribution is -0.119. The fourth-order valence-corrected chi connectivity index (χ4v) is 6.40. The third kappa shape index (κ3) is 5.94. The zero-order valence-electron chi connectivity index (χ0n) is 25.4. The van der Waals surface area contributed by atoms with Crippen molar-refractivity contribution in [2.75, 3.05) is 35.3 Å². The van der Waals surface area contributed by atoms with Crippen molar-refractivity contribution in [1.29, 1.82) is 0 Å². The number of nitrogens with one attached hydrogen (secondary N) is 1. The molecule has 220 valence electrons. The molecule has 0 bridgehead atoms. The van der Waals surface area contributed by atoms with Crippen LogP contribution in [0.4, 0.5) is 17.1 Å². The minimum atomic E-state index is -0.519. The first-order valence-corrected chi connectivity index (χ1v) is 15.4. The van der Waals surface area contributed by atoms with Crippen molar-refractivity contribution in [1.82, 2.24) is 0 Å². The number of allylic oxidation sites excluding steroid dienone is 1. The Morgan fingerprint density at radius 1 is 0.905 bits per heavy atom. The summed E-state index contributed by atoms with van der Waals surface area (Å²) in [6, 6.07) is 23.9. The van der Waals surface area contributed by atoms with Crippen molar-refractivity contribution in [3.05, 3.63) is 95.2 Å². The van der Waals surface area contributed by atoms with Crippen molar-refractivity contribution in [2.24, 2.45) is 0 Å². The number of carbonyl (C=O) groups is 2. The molecular weight excluding hydrogens is 522 g/mol. The van der Waals surface area contributed by atoms with Gasteiger partial charge in [-0.15, -0.1) is 0 Å². The van der Waals surface area contributed by atoms with Crippen LogP contribution < -0.4 is 19.9 Å². The molecule has 0 radical (unpaired) electrons. The highest BCUT2D eigenvalue weighted by molar-refractivity contribution is 6.06. The monoisotopic (exact) mass is 565 g/mol. The van der Waals surface area contributed by atoms with E-state index in [-0.39, 0.29) is 17.6 Å². The van der Waals surface area contributed by atoms with Crippen LogP contribution in [0.25, 0.3) is 0 Å². The Labute approximate surface area is 250 Å². The summed E-state index contributed by atoms with van der Waals surface area (Å²) in [5.41, 5.74) is 6.53. The van der Waals surface area contributed by atoms with Gasteiger partial charge in [-0.1, -0.05) is 56.2 Å². The molecule has 2 atom stereocenters. The van der Waals surface area contributed by atoms with E-state index < -0.39 is 6.04 Å². The van der Waals surface area contributed by atoms with E-state index >= 15 is 0 Å². The van der Waals surface area contributed by atoms with E-state index in [2.05, 4.69) is 55.3 Å². The summed E-state index contributed by atoms with van der Waals surface area (Å²) in [6.45, 7) is 8.38. The molecule has 1 aliphatic carbocycles. The smallest absolute Gasteiger partial charge is 0.227 e. The molecule has 1 aliphatic heterocycles. The summed E-state index contributed by atoms with van der Waals surface area (Å²) in [5, 5.41) is 3.65. The highest BCUT2D eigenvalue weighted by Crippen LogP contribution is 2.48. The van der Waals surface area contributed by atoms with Crippen molar-refractivity contribution in [3.8, 4) is 5.75 Å². The molecule has 0 aromatic heterocycles. The molecule has 0 saturated carbocycles. The number of methoxy groups -OCH3 is 1. The molecule has 5 rings (SSSR count). The predicted octanol–water partition coefficient (Wildman–Crippen LogP) is 8.02. The van der Waals surface area contributed by atoms with Gasteiger partial charge < -0.3 is 15.0 Å². The van der Waals surface area contributed by atoms with Crippen LogP contribution in [-0.4, -0.2) is 31.9 Å². The molecule has 3 aromatic rings. The minimum absolute atomic E-state index is 0.0363. The van der Waals surface area contributed by atoms with Gasteiger partial charge in [0.15, 0.2) is 5.78 Å². The number of Topliss-reactive ketones (excluding diaryl/α,β-unsaturated/α-hetero) is 1. The lowest BCUT2D eigenvalue weighted by atomic mass is 9.78. The Morgan fingerprint density at radius 3 is 2.26 bits per heavy atom. The fourth-order valence-electron chi connectivity index (χ4n) is 6.40. The van der Waals surface area contributed by atoms with Crippen LogP contribution in [0, 0.1) is 0 Å². The lowest BCUT2D eigenvalue weighted by Gasteiger charge is -2.35. The molecular formula is C36H43N3O3. The zero-order valence-corrected chi connectivity index (χ0v) is 25.4. The van der Waals surface area contributed by atoms with E-state index in [1.165, 1.54) is 11.3 Å². The lowest BCUT2D eigenvalue weighted by Crippen LogP contribution is -2.38. The van der Waals surface area contributed by atoms with Gasteiger partial charge in [0.1, 0.15) is 5.75 Å². The van der Waals surface area contributed by atoms with E-state index in [9.17, 15) is 9.59 Å². The third-order valence-electron chi connectivity index (χ3n) is 8.68. The molecule has 42 heavy (non-hydrogen) atoms. The van der Waals surface area contributed by atoms with Crippen LogP contribution >= 0.6 is 0 Å². The number of rotatable bonds is 10. The first kappa shape index (κ1) is 29.4. The first-order chi connectivity index (χ1) is 20.5. The molecule has 6 nitrogen and oxygen atoms in total. The number of fused-ring (bicyclic) bond motifs is 1. The van der Waals surface area contributed by atoms with Crippen LogP contribution in [-0.2, 0) is 9.59 Å². The fraction of sp³-hybridized carbons (Fsp3) is 0.389. The van der Waals surface area contributed by atoms with Gasteiger partial charge in [-0.2, -0.15) is 0 Å². The molecule has 0 saturated heterocycles. The number of amides is 1. The number of ether oxygens (including phenoxy) is 1. The van der Waals surface area contributed by atoms with Crippen molar-refractivity contribution >= 4 is 28.8 Å². The SMILES string of the molecule is CCCCCC(=O)N1c2ccccc2NC2=C(C(=O)C[C@@H](c3ccc(N(CC)CC)cc3)C2)[C@H]1c1ccc(OC)cc1. The number of ketones is 1. The summed E-state index contributed by atoms with van der Waals surface area (Å²) in [7, 11) is 1.64. The Bertz CT molecular complexity index is 1420. The maximum absolute atomic E-state index is 14.3. The van der Waals surface area contributed by atoms with Crippen LogP contribution in [0.2, 0.25) is 0 Å². The van der Waals surface area contributed by atoms with E-state index in [0.717, 1.165) is 60.7 Å². The van der Waals surface area contributed by atoms with Gasteiger partial charge in [-0.05, 0) is 80.1 Å². The highest BCUT2D eigenvalue weighted by Gasteiger charge is 2.41. The van der Waals surface area contributed by atoms with Gasteiger partial charge in [0.2, 0.25) is 5.91 Å². The highest BCUT2D eigenvalue weighted by atomic mass is 16.5. The number of anilines is 3. The Kier molecular flexibility index (Phi) is 9.31. The molecule has 0 fully saturated rings. The van der Waals surface area contributed by atoms with Gasteiger partial charge in [-0.25, -0.2) is 0 Å². The zero-order chi connectivity index (χ0) is 29.6. The minimum Gasteiger partial charge on any atom is -0.497 e. The number of unbranched alkanes of at least 4 members (excludes halogenated alkanes) is 2. The molecule has 1 amide bonds. The van der Waals surface area contributed by atoms with Gasteiger partial charge in [-0.3, -0.25) is 14.5 Å². The standard InChI is InChI=1S/C36H43N3O3/c1-5-8-9-14-34(41)39-32-13-11-10-12-30(32)37-31-23-27(25-15-19-28(20-16-25)38(6-2)7-3)24-33(40)35(31)36(39)26-17-21-29(42-4)22-18-26/h10-13,15-22,27,36-37H,5-9,14,23-24H2,1-4H3/t27-,36+/m0/s1. The van der Waals surface area contributed by atoms with E-state index in [4.69, 9.17) is 4.74 Å². The predicted molar refractivity (Wildman–Crippen MR) is 171 cm³/mol. The number of hydrogen-bond acceptors (Lipinski definition) is 5. The van der Waals surface area contributed by atoms with Gasteiger partial charge >= 0.3 is 0 Å². The Hall–Kier alpha value is -4.06. The Morgan fingerprint density at radius 2 is 1.60 bits per heavy atom. The second kappa shape index (κ2) is 13.3. The Balaban J connectivity index is 1.59. The van der Waals surface area contributed by atoms with E-state index in [1.807, 2.05) is 53.4 Å². The first-order valence-electron chi connectivity index (χ1n) is 15.4.